The average molecular weight is 283 g/mol. The fraction of sp³-hybridized carbons (Fsp3) is 0.235. The molecule has 0 amide bonds. The number of nitrogens with zero attached hydrogens (tertiary/aromatic N) is 1. The van der Waals surface area contributed by atoms with Gasteiger partial charge in [-0.3, -0.25) is 4.79 Å². The van der Waals surface area contributed by atoms with Gasteiger partial charge in [-0.1, -0.05) is 18.2 Å². The second-order valence-corrected chi connectivity index (χ2v) is 5.18. The number of benzene rings is 1. The summed E-state index contributed by atoms with van der Waals surface area (Å²) in [6, 6.07) is 10.2. The largest absolute Gasteiger partial charge is 0.481 e. The van der Waals surface area contributed by atoms with Gasteiger partial charge in [0.05, 0.1) is 19.1 Å². The number of carbonyl (C=O) groups is 1. The van der Waals surface area contributed by atoms with Crippen molar-refractivity contribution in [1.29, 1.82) is 0 Å². The highest BCUT2D eigenvalue weighted by Crippen LogP contribution is 2.24. The highest BCUT2D eigenvalue weighted by Gasteiger charge is 2.09. The smallest absolute Gasteiger partial charge is 0.303 e. The predicted octanol–water partition coefficient (Wildman–Crippen LogP) is 3.69. The normalized spacial score (nSPS) is 11.0. The molecular weight excluding hydrogens is 266 g/mol. The summed E-state index contributed by atoms with van der Waals surface area (Å²) < 4.78 is 7.31. The van der Waals surface area contributed by atoms with Crippen LogP contribution in [-0.2, 0) is 17.8 Å². The minimum atomic E-state index is -0.739. The number of rotatable bonds is 6. The van der Waals surface area contributed by atoms with Crippen molar-refractivity contribution in [2.75, 3.05) is 0 Å². The van der Waals surface area contributed by atoms with E-state index in [1.807, 2.05) is 18.2 Å². The van der Waals surface area contributed by atoms with E-state index in [0.717, 1.165) is 18.5 Å². The number of furan rings is 1. The van der Waals surface area contributed by atoms with Crippen LogP contribution in [-0.4, -0.2) is 15.6 Å². The van der Waals surface area contributed by atoms with Crippen molar-refractivity contribution in [3.8, 4) is 0 Å². The summed E-state index contributed by atoms with van der Waals surface area (Å²) in [5, 5.41) is 9.97. The molecule has 4 heteroatoms. The molecule has 0 aliphatic rings. The van der Waals surface area contributed by atoms with E-state index < -0.39 is 5.97 Å². The molecule has 0 aliphatic heterocycles. The summed E-state index contributed by atoms with van der Waals surface area (Å²) in [5.41, 5.74) is 3.49. The standard InChI is InChI=1S/C17H17NO3/c19-17(20)7-3-4-14-11-18(10-13-8-9-21-12-13)16-6-2-1-5-15(14)16/h1-2,5-6,8-9,11-12H,3-4,7,10H2,(H,19,20). The molecule has 2 heterocycles. The van der Waals surface area contributed by atoms with Gasteiger partial charge in [0.2, 0.25) is 0 Å². The van der Waals surface area contributed by atoms with Crippen LogP contribution in [0.25, 0.3) is 10.9 Å². The summed E-state index contributed by atoms with van der Waals surface area (Å²) in [7, 11) is 0. The Morgan fingerprint density at radius 3 is 2.86 bits per heavy atom. The molecular formula is C17H17NO3. The summed E-state index contributed by atoms with van der Waals surface area (Å²) in [5.74, 6) is -0.739. The van der Waals surface area contributed by atoms with Crippen molar-refractivity contribution in [3.63, 3.8) is 0 Å². The molecule has 0 spiro atoms. The lowest BCUT2D eigenvalue weighted by Crippen LogP contribution is -1.97. The third-order valence-corrected chi connectivity index (χ3v) is 3.64. The molecule has 0 atom stereocenters. The zero-order valence-corrected chi connectivity index (χ0v) is 11.7. The molecule has 4 nitrogen and oxygen atoms in total. The lowest BCUT2D eigenvalue weighted by atomic mass is 10.1. The van der Waals surface area contributed by atoms with Gasteiger partial charge < -0.3 is 14.1 Å². The summed E-state index contributed by atoms with van der Waals surface area (Å²) in [6.45, 7) is 0.760. The maximum atomic E-state index is 10.7. The molecule has 0 bridgehead atoms. The number of aliphatic carboxylic acids is 1. The Morgan fingerprint density at radius 2 is 2.10 bits per heavy atom. The molecule has 0 unspecified atom stereocenters. The number of carboxylic acids is 1. The van der Waals surface area contributed by atoms with Crippen LogP contribution >= 0.6 is 0 Å². The van der Waals surface area contributed by atoms with Crippen LogP contribution < -0.4 is 0 Å². The van der Waals surface area contributed by atoms with Crippen LogP contribution in [0.15, 0.2) is 53.5 Å². The quantitative estimate of drug-likeness (QED) is 0.750. The lowest BCUT2D eigenvalue weighted by Gasteiger charge is -2.02. The second-order valence-electron chi connectivity index (χ2n) is 5.18. The number of aromatic nitrogens is 1. The van der Waals surface area contributed by atoms with Gasteiger partial charge in [0, 0.05) is 29.1 Å². The zero-order valence-electron chi connectivity index (χ0n) is 11.7. The Hall–Kier alpha value is -2.49. The van der Waals surface area contributed by atoms with Gasteiger partial charge in [0.25, 0.3) is 0 Å². The predicted molar refractivity (Wildman–Crippen MR) is 80.3 cm³/mol. The van der Waals surface area contributed by atoms with E-state index in [1.165, 1.54) is 16.5 Å². The van der Waals surface area contributed by atoms with E-state index in [2.05, 4.69) is 22.9 Å². The Kier molecular flexibility index (Phi) is 3.77. The summed E-state index contributed by atoms with van der Waals surface area (Å²) in [6.07, 6.45) is 7.20. The van der Waals surface area contributed by atoms with E-state index in [-0.39, 0.29) is 6.42 Å². The molecule has 1 N–H and O–H groups in total. The van der Waals surface area contributed by atoms with Crippen LogP contribution in [0.4, 0.5) is 0 Å². The molecule has 0 saturated carbocycles. The van der Waals surface area contributed by atoms with Gasteiger partial charge in [-0.25, -0.2) is 0 Å². The van der Waals surface area contributed by atoms with Crippen molar-refractivity contribution < 1.29 is 14.3 Å². The van der Waals surface area contributed by atoms with Crippen molar-refractivity contribution >= 4 is 16.9 Å². The number of fused-ring (bicyclic) bond motifs is 1. The Labute approximate surface area is 122 Å². The molecule has 3 rings (SSSR count). The molecule has 0 saturated heterocycles. The third-order valence-electron chi connectivity index (χ3n) is 3.64. The molecule has 0 radical (unpaired) electrons. The number of para-hydroxylation sites is 1. The first kappa shape index (κ1) is 13.5. The first-order valence-corrected chi connectivity index (χ1v) is 7.03. The fourth-order valence-corrected chi connectivity index (χ4v) is 2.66. The van der Waals surface area contributed by atoms with Crippen molar-refractivity contribution in [1.82, 2.24) is 4.57 Å². The van der Waals surface area contributed by atoms with Gasteiger partial charge >= 0.3 is 5.97 Å². The van der Waals surface area contributed by atoms with Gasteiger partial charge in [0.1, 0.15) is 0 Å². The Balaban J connectivity index is 1.88. The molecule has 1 aromatic carbocycles. The van der Waals surface area contributed by atoms with E-state index in [4.69, 9.17) is 9.52 Å². The van der Waals surface area contributed by atoms with Crippen LogP contribution in [0, 0.1) is 0 Å². The third kappa shape index (κ3) is 2.99. The molecule has 0 aliphatic carbocycles. The van der Waals surface area contributed by atoms with Crippen molar-refractivity contribution in [3.05, 3.63) is 60.2 Å². The van der Waals surface area contributed by atoms with Crippen LogP contribution in [0.3, 0.4) is 0 Å². The van der Waals surface area contributed by atoms with Crippen LogP contribution in [0.5, 0.6) is 0 Å². The maximum absolute atomic E-state index is 10.7. The number of hydrogen-bond acceptors (Lipinski definition) is 2. The molecule has 2 aromatic heterocycles. The van der Waals surface area contributed by atoms with Gasteiger partial charge in [-0.15, -0.1) is 0 Å². The number of aryl methyl sites for hydroxylation is 1. The van der Waals surface area contributed by atoms with Crippen molar-refractivity contribution in [2.45, 2.75) is 25.8 Å². The van der Waals surface area contributed by atoms with E-state index >= 15 is 0 Å². The molecule has 0 fully saturated rings. The Morgan fingerprint density at radius 1 is 1.24 bits per heavy atom. The lowest BCUT2D eigenvalue weighted by molar-refractivity contribution is -0.137. The highest BCUT2D eigenvalue weighted by molar-refractivity contribution is 5.84. The zero-order chi connectivity index (χ0) is 14.7. The monoisotopic (exact) mass is 283 g/mol. The molecule has 3 aromatic rings. The number of carboxylic acid groups (broad SMARTS) is 1. The SMILES string of the molecule is O=C(O)CCCc1cn(Cc2ccoc2)c2ccccc12. The molecule has 108 valence electrons. The minimum absolute atomic E-state index is 0.210. The summed E-state index contributed by atoms with van der Waals surface area (Å²) in [4.78, 5) is 10.7. The molecule has 21 heavy (non-hydrogen) atoms. The second kappa shape index (κ2) is 5.87. The van der Waals surface area contributed by atoms with Gasteiger partial charge in [0.15, 0.2) is 0 Å². The van der Waals surface area contributed by atoms with Gasteiger partial charge in [-0.05, 0) is 30.5 Å². The number of hydrogen-bond donors (Lipinski definition) is 1. The minimum Gasteiger partial charge on any atom is -0.481 e. The maximum Gasteiger partial charge on any atom is 0.303 e. The van der Waals surface area contributed by atoms with Gasteiger partial charge in [-0.2, -0.15) is 0 Å². The van der Waals surface area contributed by atoms with Crippen LogP contribution in [0.1, 0.15) is 24.0 Å². The first-order chi connectivity index (χ1) is 10.2. The highest BCUT2D eigenvalue weighted by atomic mass is 16.4. The van der Waals surface area contributed by atoms with Crippen molar-refractivity contribution in [2.24, 2.45) is 0 Å². The summed E-state index contributed by atoms with van der Waals surface area (Å²) >= 11 is 0. The Bertz CT molecular complexity index is 741. The van der Waals surface area contributed by atoms with E-state index in [1.54, 1.807) is 12.5 Å². The fourth-order valence-electron chi connectivity index (χ4n) is 2.66. The average Bonchev–Trinajstić information content (AvgIpc) is 3.09. The first-order valence-electron chi connectivity index (χ1n) is 7.03. The topological polar surface area (TPSA) is 55.4 Å². The van der Waals surface area contributed by atoms with Crippen LogP contribution in [0.2, 0.25) is 0 Å². The van der Waals surface area contributed by atoms with E-state index in [9.17, 15) is 4.79 Å². The van der Waals surface area contributed by atoms with E-state index in [0.29, 0.717) is 6.42 Å².